The number of anilines is 2. The van der Waals surface area contributed by atoms with Crippen molar-refractivity contribution in [1.82, 2.24) is 5.32 Å². The highest BCUT2D eigenvalue weighted by molar-refractivity contribution is 7.98. The Bertz CT molecular complexity index is 755. The van der Waals surface area contributed by atoms with Crippen molar-refractivity contribution < 1.29 is 23.1 Å². The highest BCUT2D eigenvalue weighted by atomic mass is 32.2. The Morgan fingerprint density at radius 3 is 2.71 bits per heavy atom. The lowest BCUT2D eigenvalue weighted by Crippen LogP contribution is -2.34. The van der Waals surface area contributed by atoms with Crippen LogP contribution in [0.1, 0.15) is 19.8 Å². The van der Waals surface area contributed by atoms with Crippen LogP contribution in [0.25, 0.3) is 0 Å². The molecule has 1 aliphatic rings. The third-order valence-electron chi connectivity index (χ3n) is 3.81. The highest BCUT2D eigenvalue weighted by Gasteiger charge is 2.33. The summed E-state index contributed by atoms with van der Waals surface area (Å²) in [6, 6.07) is 1.98. The molecule has 11 heteroatoms. The van der Waals surface area contributed by atoms with Crippen LogP contribution >= 0.6 is 11.9 Å². The van der Waals surface area contributed by atoms with Gasteiger partial charge < -0.3 is 15.4 Å². The predicted molar refractivity (Wildman–Crippen MR) is 103 cm³/mol. The SMILES string of the molecule is C=C(CSN=O)Nc1c(F)cc(N2C[C@H](CNC(=O)CCC)OC2=O)cc1F. The Hall–Kier alpha value is -2.69. The molecule has 2 rings (SSSR count). The zero-order valence-electron chi connectivity index (χ0n) is 15.2. The smallest absolute Gasteiger partial charge is 0.414 e. The summed E-state index contributed by atoms with van der Waals surface area (Å²) in [4.78, 5) is 34.7. The quantitative estimate of drug-likeness (QED) is 0.449. The van der Waals surface area contributed by atoms with E-state index in [-0.39, 0.29) is 36.1 Å². The van der Waals surface area contributed by atoms with Gasteiger partial charge in [-0.3, -0.25) is 9.69 Å². The molecule has 0 unspecified atom stereocenters. The van der Waals surface area contributed by atoms with Crippen LogP contribution in [0.15, 0.2) is 29.0 Å². The molecule has 1 aromatic carbocycles. The van der Waals surface area contributed by atoms with Crippen LogP contribution < -0.4 is 15.5 Å². The fourth-order valence-corrected chi connectivity index (χ4v) is 2.81. The number of carbonyl (C=O) groups is 2. The van der Waals surface area contributed by atoms with Gasteiger partial charge in [0.1, 0.15) is 11.8 Å². The van der Waals surface area contributed by atoms with Gasteiger partial charge in [0, 0.05) is 40.8 Å². The van der Waals surface area contributed by atoms with Crippen LogP contribution in [0.5, 0.6) is 0 Å². The number of cyclic esters (lactones) is 1. The van der Waals surface area contributed by atoms with Gasteiger partial charge in [0.25, 0.3) is 0 Å². The Labute approximate surface area is 164 Å². The molecule has 28 heavy (non-hydrogen) atoms. The van der Waals surface area contributed by atoms with Crippen molar-refractivity contribution in [3.63, 3.8) is 0 Å². The van der Waals surface area contributed by atoms with Crippen molar-refractivity contribution in [1.29, 1.82) is 0 Å². The maximum atomic E-state index is 14.3. The van der Waals surface area contributed by atoms with E-state index < -0.39 is 29.5 Å². The molecule has 1 aliphatic heterocycles. The maximum Gasteiger partial charge on any atom is 0.414 e. The van der Waals surface area contributed by atoms with Crippen molar-refractivity contribution in [3.8, 4) is 0 Å². The summed E-state index contributed by atoms with van der Waals surface area (Å²) in [6.07, 6.45) is -0.322. The average Bonchev–Trinajstić information content (AvgIpc) is 3.02. The Morgan fingerprint density at radius 2 is 2.11 bits per heavy atom. The molecule has 0 radical (unpaired) electrons. The van der Waals surface area contributed by atoms with E-state index in [4.69, 9.17) is 4.74 Å². The minimum absolute atomic E-state index is 0.0116. The second-order valence-corrected chi connectivity index (χ2v) is 6.73. The largest absolute Gasteiger partial charge is 0.442 e. The first kappa shape index (κ1) is 21.6. The number of nitroso groups, excluding NO2 is 1. The molecule has 2 amide bonds. The lowest BCUT2D eigenvalue weighted by Gasteiger charge is -2.16. The number of carbonyl (C=O) groups excluding carboxylic acids is 2. The lowest BCUT2D eigenvalue weighted by molar-refractivity contribution is -0.121. The van der Waals surface area contributed by atoms with Crippen LogP contribution in [-0.4, -0.2) is 36.9 Å². The first-order valence-corrected chi connectivity index (χ1v) is 9.43. The zero-order valence-corrected chi connectivity index (χ0v) is 16.0. The molecular formula is C17H20F2N4O4S. The summed E-state index contributed by atoms with van der Waals surface area (Å²) in [5.74, 6) is -1.98. The zero-order chi connectivity index (χ0) is 20.7. The van der Waals surface area contributed by atoms with E-state index >= 15 is 0 Å². The van der Waals surface area contributed by atoms with E-state index in [1.54, 1.807) is 0 Å². The maximum absolute atomic E-state index is 14.3. The molecule has 152 valence electrons. The summed E-state index contributed by atoms with van der Waals surface area (Å²) in [6.45, 7) is 5.59. The first-order chi connectivity index (χ1) is 13.3. The Kier molecular flexibility index (Phi) is 7.73. The number of hydrogen-bond donors (Lipinski definition) is 2. The second-order valence-electron chi connectivity index (χ2n) is 6.03. The van der Waals surface area contributed by atoms with Gasteiger partial charge in [0.05, 0.1) is 24.5 Å². The Morgan fingerprint density at radius 1 is 1.43 bits per heavy atom. The van der Waals surface area contributed by atoms with Gasteiger partial charge in [-0.25, -0.2) is 13.6 Å². The summed E-state index contributed by atoms with van der Waals surface area (Å²) in [5, 5.41) is 5.10. The third-order valence-corrected chi connectivity index (χ3v) is 4.39. The van der Waals surface area contributed by atoms with Crippen molar-refractivity contribution >= 4 is 35.3 Å². The molecular weight excluding hydrogens is 394 g/mol. The first-order valence-electron chi connectivity index (χ1n) is 8.49. The standard InChI is InChI=1S/C17H20F2N4O4S/c1-3-4-15(24)20-7-12-8-23(17(25)27-12)11-5-13(18)16(14(19)6-11)21-10(2)9-28-22-26/h5-6,12,21H,2-4,7-9H2,1H3,(H,20,24)/t12-/m0/s1. The molecule has 0 aliphatic carbocycles. The number of nitrogens with one attached hydrogen (secondary N) is 2. The van der Waals surface area contributed by atoms with Gasteiger partial charge in [0.15, 0.2) is 11.6 Å². The Balaban J connectivity index is 2.05. The van der Waals surface area contributed by atoms with E-state index in [0.29, 0.717) is 24.8 Å². The minimum Gasteiger partial charge on any atom is -0.442 e. The molecule has 0 spiro atoms. The number of benzene rings is 1. The van der Waals surface area contributed by atoms with Gasteiger partial charge in [-0.15, -0.1) is 4.91 Å². The van der Waals surface area contributed by atoms with Gasteiger partial charge in [-0.1, -0.05) is 13.5 Å². The molecule has 1 aromatic rings. The summed E-state index contributed by atoms with van der Waals surface area (Å²) >= 11 is 0.644. The molecule has 1 saturated heterocycles. The van der Waals surface area contributed by atoms with E-state index in [1.165, 1.54) is 0 Å². The summed E-state index contributed by atoms with van der Waals surface area (Å²) < 4.78 is 36.4. The lowest BCUT2D eigenvalue weighted by atomic mass is 10.2. The topological polar surface area (TPSA) is 100 Å². The van der Waals surface area contributed by atoms with Crippen molar-refractivity contribution in [2.45, 2.75) is 25.9 Å². The monoisotopic (exact) mass is 414 g/mol. The van der Waals surface area contributed by atoms with Crippen LogP contribution in [0.3, 0.4) is 0 Å². The van der Waals surface area contributed by atoms with E-state index in [1.807, 2.05) is 6.92 Å². The molecule has 0 aromatic heterocycles. The average molecular weight is 414 g/mol. The number of ether oxygens (including phenoxy) is 1. The number of amides is 2. The fraction of sp³-hybridized carbons (Fsp3) is 0.412. The van der Waals surface area contributed by atoms with Crippen LogP contribution in [-0.2, 0) is 9.53 Å². The normalized spacial score (nSPS) is 15.9. The molecule has 0 bridgehead atoms. The number of hydrogen-bond acceptors (Lipinski definition) is 7. The van der Waals surface area contributed by atoms with E-state index in [9.17, 15) is 23.3 Å². The fourth-order valence-electron chi connectivity index (χ4n) is 2.53. The minimum atomic E-state index is -0.937. The van der Waals surface area contributed by atoms with Crippen molar-refractivity contribution in [2.24, 2.45) is 4.58 Å². The van der Waals surface area contributed by atoms with Crippen molar-refractivity contribution in [2.75, 3.05) is 29.1 Å². The van der Waals surface area contributed by atoms with Crippen LogP contribution in [0.4, 0.5) is 25.0 Å². The predicted octanol–water partition coefficient (Wildman–Crippen LogP) is 3.55. The van der Waals surface area contributed by atoms with Crippen LogP contribution in [0.2, 0.25) is 0 Å². The molecule has 8 nitrogen and oxygen atoms in total. The number of rotatable bonds is 10. The number of nitrogens with zero attached hydrogens (tertiary/aromatic N) is 2. The summed E-state index contributed by atoms with van der Waals surface area (Å²) in [5.41, 5.74) is -0.266. The van der Waals surface area contributed by atoms with Gasteiger partial charge in [-0.2, -0.15) is 0 Å². The molecule has 1 heterocycles. The third kappa shape index (κ3) is 5.65. The van der Waals surface area contributed by atoms with Crippen LogP contribution in [0, 0.1) is 16.5 Å². The molecule has 2 N–H and O–H groups in total. The van der Waals surface area contributed by atoms with Crippen molar-refractivity contribution in [3.05, 3.63) is 41.0 Å². The molecule has 1 fully saturated rings. The summed E-state index contributed by atoms with van der Waals surface area (Å²) in [7, 11) is 0. The molecule has 0 saturated carbocycles. The van der Waals surface area contributed by atoms with Gasteiger partial charge in [0.2, 0.25) is 5.91 Å². The second kappa shape index (κ2) is 10.0. The van der Waals surface area contributed by atoms with E-state index in [0.717, 1.165) is 17.0 Å². The van der Waals surface area contributed by atoms with E-state index in [2.05, 4.69) is 21.8 Å². The van der Waals surface area contributed by atoms with Gasteiger partial charge >= 0.3 is 6.09 Å². The van der Waals surface area contributed by atoms with Gasteiger partial charge in [-0.05, 0) is 6.42 Å². The number of halogens is 2. The molecule has 1 atom stereocenters. The highest BCUT2D eigenvalue weighted by Crippen LogP contribution is 2.29.